The van der Waals surface area contributed by atoms with E-state index in [9.17, 15) is 26.0 Å². The molecule has 9 nitrogen and oxygen atoms in total. The SMILES string of the molecule is CS(=O)(=O)N1CCCCC1C(=O)Nc1ccc(F)c(S(=O)(=O)N2CCOCC2)c1. The van der Waals surface area contributed by atoms with Crippen LogP contribution < -0.4 is 5.32 Å². The Hall–Kier alpha value is -1.60. The van der Waals surface area contributed by atoms with E-state index in [0.29, 0.717) is 19.3 Å². The van der Waals surface area contributed by atoms with Gasteiger partial charge < -0.3 is 10.1 Å². The molecule has 0 aromatic heterocycles. The van der Waals surface area contributed by atoms with E-state index >= 15 is 0 Å². The standard InChI is InChI=1S/C17H24FN3O6S2/c1-28(23,24)21-7-3-2-4-15(21)17(22)19-13-5-6-14(18)16(12-13)29(25,26)20-8-10-27-11-9-20/h5-6,12,15H,2-4,7-11H2,1H3,(H,19,22). The molecule has 3 rings (SSSR count). The van der Waals surface area contributed by atoms with Crippen molar-refractivity contribution < 1.29 is 30.8 Å². The van der Waals surface area contributed by atoms with Gasteiger partial charge in [-0.25, -0.2) is 21.2 Å². The molecule has 2 aliphatic heterocycles. The first-order chi connectivity index (χ1) is 13.6. The highest BCUT2D eigenvalue weighted by molar-refractivity contribution is 7.89. The second-order valence-corrected chi connectivity index (χ2v) is 10.9. The third kappa shape index (κ3) is 4.94. The first-order valence-corrected chi connectivity index (χ1v) is 12.5. The van der Waals surface area contributed by atoms with E-state index in [0.717, 1.165) is 27.0 Å². The van der Waals surface area contributed by atoms with Crippen molar-refractivity contribution in [3.63, 3.8) is 0 Å². The van der Waals surface area contributed by atoms with Crippen LogP contribution in [0.3, 0.4) is 0 Å². The molecule has 0 radical (unpaired) electrons. The zero-order valence-corrected chi connectivity index (χ0v) is 17.6. The number of hydrogen-bond donors (Lipinski definition) is 1. The first kappa shape index (κ1) is 22.1. The van der Waals surface area contributed by atoms with Gasteiger partial charge in [-0.3, -0.25) is 4.79 Å². The lowest BCUT2D eigenvalue weighted by Gasteiger charge is -2.32. The Balaban J connectivity index is 1.83. The van der Waals surface area contributed by atoms with Crippen LogP contribution in [-0.4, -0.2) is 76.5 Å². The summed E-state index contributed by atoms with van der Waals surface area (Å²) in [7, 11) is -7.66. The van der Waals surface area contributed by atoms with Crippen LogP contribution in [0.1, 0.15) is 19.3 Å². The average molecular weight is 450 g/mol. The van der Waals surface area contributed by atoms with Crippen LogP contribution in [0.5, 0.6) is 0 Å². The largest absolute Gasteiger partial charge is 0.379 e. The van der Waals surface area contributed by atoms with Crippen LogP contribution in [-0.2, 0) is 29.6 Å². The van der Waals surface area contributed by atoms with E-state index in [1.54, 1.807) is 0 Å². The number of carbonyl (C=O) groups excluding carboxylic acids is 1. The summed E-state index contributed by atoms with van der Waals surface area (Å²) in [5.41, 5.74) is 0.0854. The molecule has 162 valence electrons. The number of hydrogen-bond acceptors (Lipinski definition) is 6. The van der Waals surface area contributed by atoms with Crippen molar-refractivity contribution in [1.29, 1.82) is 0 Å². The Morgan fingerprint density at radius 1 is 1.14 bits per heavy atom. The van der Waals surface area contributed by atoms with Gasteiger partial charge >= 0.3 is 0 Å². The van der Waals surface area contributed by atoms with E-state index in [2.05, 4.69) is 5.32 Å². The lowest BCUT2D eigenvalue weighted by molar-refractivity contribution is -0.120. The third-order valence-electron chi connectivity index (χ3n) is 4.97. The maximum Gasteiger partial charge on any atom is 0.246 e. The number of morpholine rings is 1. The van der Waals surface area contributed by atoms with Crippen LogP contribution in [0.25, 0.3) is 0 Å². The number of anilines is 1. The monoisotopic (exact) mass is 449 g/mol. The molecule has 1 aromatic carbocycles. The van der Waals surface area contributed by atoms with Crippen LogP contribution in [0, 0.1) is 5.82 Å². The molecular formula is C17H24FN3O6S2. The first-order valence-electron chi connectivity index (χ1n) is 9.26. The van der Waals surface area contributed by atoms with Gasteiger partial charge in [0.2, 0.25) is 26.0 Å². The molecule has 1 aromatic rings. The molecular weight excluding hydrogens is 425 g/mol. The number of rotatable bonds is 5. The Labute approximate surface area is 169 Å². The molecule has 0 spiro atoms. The van der Waals surface area contributed by atoms with Crippen molar-refractivity contribution in [3.8, 4) is 0 Å². The summed E-state index contributed by atoms with van der Waals surface area (Å²) in [5, 5.41) is 2.54. The van der Waals surface area contributed by atoms with Crippen molar-refractivity contribution in [2.75, 3.05) is 44.4 Å². The van der Waals surface area contributed by atoms with Gasteiger partial charge in [-0.15, -0.1) is 0 Å². The molecule has 0 aliphatic carbocycles. The summed E-state index contributed by atoms with van der Waals surface area (Å²) in [5.74, 6) is -1.50. The van der Waals surface area contributed by atoms with E-state index in [4.69, 9.17) is 4.74 Å². The van der Waals surface area contributed by atoms with Gasteiger partial charge in [0.05, 0.1) is 19.5 Å². The van der Waals surface area contributed by atoms with Crippen molar-refractivity contribution >= 4 is 31.6 Å². The maximum absolute atomic E-state index is 14.3. The Bertz CT molecular complexity index is 977. The summed E-state index contributed by atoms with van der Waals surface area (Å²) in [4.78, 5) is 12.1. The molecule has 2 heterocycles. The number of amides is 1. The van der Waals surface area contributed by atoms with Gasteiger partial charge in [0.25, 0.3) is 0 Å². The minimum atomic E-state index is -4.09. The molecule has 1 atom stereocenters. The molecule has 2 saturated heterocycles. The zero-order chi connectivity index (χ0) is 21.2. The van der Waals surface area contributed by atoms with Crippen LogP contribution in [0.15, 0.2) is 23.1 Å². The lowest BCUT2D eigenvalue weighted by Crippen LogP contribution is -2.49. The number of carbonyl (C=O) groups is 1. The van der Waals surface area contributed by atoms with Crippen LogP contribution >= 0.6 is 0 Å². The third-order valence-corrected chi connectivity index (χ3v) is 8.17. The minimum absolute atomic E-state index is 0.0854. The number of nitrogens with one attached hydrogen (secondary N) is 1. The quantitative estimate of drug-likeness (QED) is 0.704. The summed E-state index contributed by atoms with van der Waals surface area (Å²) in [6, 6.07) is 2.39. The van der Waals surface area contributed by atoms with Crippen molar-refractivity contribution in [2.45, 2.75) is 30.2 Å². The summed E-state index contributed by atoms with van der Waals surface area (Å²) < 4.78 is 71.1. The normalized spacial score (nSPS) is 22.3. The van der Waals surface area contributed by atoms with E-state index < -0.39 is 42.7 Å². The molecule has 0 bridgehead atoms. The van der Waals surface area contributed by atoms with Crippen LogP contribution in [0.2, 0.25) is 0 Å². The molecule has 1 unspecified atom stereocenters. The van der Waals surface area contributed by atoms with Gasteiger partial charge in [-0.05, 0) is 31.0 Å². The van der Waals surface area contributed by atoms with Crippen molar-refractivity contribution in [3.05, 3.63) is 24.0 Å². The summed E-state index contributed by atoms with van der Waals surface area (Å²) >= 11 is 0. The Morgan fingerprint density at radius 3 is 2.48 bits per heavy atom. The minimum Gasteiger partial charge on any atom is -0.379 e. The lowest BCUT2D eigenvalue weighted by atomic mass is 10.0. The second kappa shape index (κ2) is 8.64. The van der Waals surface area contributed by atoms with Crippen molar-refractivity contribution in [1.82, 2.24) is 8.61 Å². The summed E-state index contributed by atoms with van der Waals surface area (Å²) in [6.45, 7) is 0.922. The van der Waals surface area contributed by atoms with Crippen molar-refractivity contribution in [2.24, 2.45) is 0 Å². The van der Waals surface area contributed by atoms with E-state index in [-0.39, 0.29) is 38.5 Å². The molecule has 1 amide bonds. The predicted molar refractivity (Wildman–Crippen MR) is 104 cm³/mol. The second-order valence-electron chi connectivity index (χ2n) is 7.04. The topological polar surface area (TPSA) is 113 Å². The highest BCUT2D eigenvalue weighted by Gasteiger charge is 2.35. The molecule has 2 aliphatic rings. The number of piperidine rings is 1. The van der Waals surface area contributed by atoms with Gasteiger partial charge in [0, 0.05) is 25.3 Å². The van der Waals surface area contributed by atoms with Gasteiger partial charge in [-0.2, -0.15) is 8.61 Å². The number of nitrogens with zero attached hydrogens (tertiary/aromatic N) is 2. The average Bonchev–Trinajstić information content (AvgIpc) is 2.69. The maximum atomic E-state index is 14.3. The van der Waals surface area contributed by atoms with Gasteiger partial charge in [-0.1, -0.05) is 6.42 Å². The fraction of sp³-hybridized carbons (Fsp3) is 0.588. The summed E-state index contributed by atoms with van der Waals surface area (Å²) in [6.07, 6.45) is 2.77. The van der Waals surface area contributed by atoms with Gasteiger partial charge in [0.1, 0.15) is 16.8 Å². The fourth-order valence-corrected chi connectivity index (χ4v) is 6.12. The number of ether oxygens (including phenoxy) is 1. The number of halogens is 1. The molecule has 12 heteroatoms. The van der Waals surface area contributed by atoms with Crippen LogP contribution in [0.4, 0.5) is 10.1 Å². The Kier molecular flexibility index (Phi) is 6.58. The van der Waals surface area contributed by atoms with E-state index in [1.165, 1.54) is 6.07 Å². The highest BCUT2D eigenvalue weighted by Crippen LogP contribution is 2.25. The van der Waals surface area contributed by atoms with E-state index in [1.807, 2.05) is 0 Å². The number of sulfonamides is 2. The fourth-order valence-electron chi connectivity index (χ4n) is 3.49. The predicted octanol–water partition coefficient (Wildman–Crippen LogP) is 0.599. The molecule has 0 saturated carbocycles. The zero-order valence-electron chi connectivity index (χ0n) is 16.0. The number of benzene rings is 1. The molecule has 1 N–H and O–H groups in total. The highest BCUT2D eigenvalue weighted by atomic mass is 32.2. The molecule has 2 fully saturated rings. The molecule has 29 heavy (non-hydrogen) atoms. The smallest absolute Gasteiger partial charge is 0.246 e. The Morgan fingerprint density at radius 2 is 1.83 bits per heavy atom. The van der Waals surface area contributed by atoms with Gasteiger partial charge in [0.15, 0.2) is 0 Å².